The number of ether oxygens (including phenoxy) is 1. The minimum absolute atomic E-state index is 0.312. The van der Waals surface area contributed by atoms with Crippen molar-refractivity contribution in [2.24, 2.45) is 0 Å². The maximum absolute atomic E-state index is 11.9. The van der Waals surface area contributed by atoms with E-state index in [-0.39, 0.29) is 5.97 Å². The Morgan fingerprint density at radius 2 is 2.26 bits per heavy atom. The molecule has 0 aromatic carbocycles. The predicted molar refractivity (Wildman–Crippen MR) is 90.1 cm³/mol. The number of carbonyl (C=O) groups is 1. The number of fused-ring (bicyclic) bond motifs is 1. The van der Waals surface area contributed by atoms with Crippen molar-refractivity contribution in [2.75, 3.05) is 6.61 Å². The van der Waals surface area contributed by atoms with E-state index in [4.69, 9.17) is 16.3 Å². The molecule has 0 fully saturated rings. The Bertz CT molecular complexity index is 836. The van der Waals surface area contributed by atoms with Crippen LogP contribution in [0, 0.1) is 0 Å². The van der Waals surface area contributed by atoms with Gasteiger partial charge in [0.05, 0.1) is 36.6 Å². The molecule has 3 aromatic heterocycles. The Morgan fingerprint density at radius 3 is 2.96 bits per heavy atom. The third-order valence-electron chi connectivity index (χ3n) is 3.58. The molecule has 0 aliphatic rings. The summed E-state index contributed by atoms with van der Waals surface area (Å²) in [6, 6.07) is 1.83. The zero-order valence-corrected chi connectivity index (χ0v) is 14.5. The topological polar surface area (TPSA) is 61.9 Å². The maximum atomic E-state index is 11.9. The molecule has 0 unspecified atom stereocenters. The Hall–Kier alpha value is -1.86. The molecule has 0 N–H and O–H groups in total. The number of imidazole rings is 2. The number of aryl methyl sites for hydroxylation is 1. The maximum Gasteiger partial charge on any atom is 0.348 e. The minimum atomic E-state index is -0.312. The number of esters is 1. The van der Waals surface area contributed by atoms with E-state index in [0.29, 0.717) is 23.9 Å². The van der Waals surface area contributed by atoms with Gasteiger partial charge in [-0.25, -0.2) is 14.8 Å². The van der Waals surface area contributed by atoms with Gasteiger partial charge in [0, 0.05) is 12.7 Å². The van der Waals surface area contributed by atoms with Gasteiger partial charge in [-0.2, -0.15) is 0 Å². The Balaban J connectivity index is 2.01. The van der Waals surface area contributed by atoms with Gasteiger partial charge in [0.25, 0.3) is 0 Å². The molecule has 3 aromatic rings. The van der Waals surface area contributed by atoms with Crippen molar-refractivity contribution in [3.8, 4) is 0 Å². The summed E-state index contributed by atoms with van der Waals surface area (Å²) in [6.07, 6.45) is 3.65. The van der Waals surface area contributed by atoms with Crippen LogP contribution >= 0.6 is 22.9 Å². The van der Waals surface area contributed by atoms with Gasteiger partial charge in [-0.05, 0) is 19.9 Å². The average Bonchev–Trinajstić information content (AvgIpc) is 3.23. The lowest BCUT2D eigenvalue weighted by Gasteiger charge is -2.09. The number of thiophene rings is 1. The first kappa shape index (κ1) is 16.0. The normalized spacial score (nSPS) is 11.3. The van der Waals surface area contributed by atoms with Crippen molar-refractivity contribution < 1.29 is 9.53 Å². The second kappa shape index (κ2) is 6.72. The highest BCUT2D eigenvalue weighted by atomic mass is 35.5. The molecule has 0 spiro atoms. The van der Waals surface area contributed by atoms with Gasteiger partial charge >= 0.3 is 5.97 Å². The quantitative estimate of drug-likeness (QED) is 0.504. The molecule has 0 radical (unpaired) electrons. The lowest BCUT2D eigenvalue weighted by Crippen LogP contribution is -2.08. The fourth-order valence-electron chi connectivity index (χ4n) is 2.47. The molecule has 122 valence electrons. The highest BCUT2D eigenvalue weighted by molar-refractivity contribution is 7.20. The van der Waals surface area contributed by atoms with Gasteiger partial charge in [-0.15, -0.1) is 22.9 Å². The fraction of sp³-hybridized carbons (Fsp3) is 0.400. The highest BCUT2D eigenvalue weighted by Gasteiger charge is 2.18. The molecular weight excluding hydrogens is 336 g/mol. The minimum Gasteiger partial charge on any atom is -0.462 e. The predicted octanol–water partition coefficient (Wildman–Crippen LogP) is 3.28. The summed E-state index contributed by atoms with van der Waals surface area (Å²) in [5, 5.41) is 0. The van der Waals surface area contributed by atoms with E-state index < -0.39 is 0 Å². The van der Waals surface area contributed by atoms with Crippen LogP contribution < -0.4 is 0 Å². The lowest BCUT2D eigenvalue weighted by atomic mass is 10.4. The average molecular weight is 353 g/mol. The van der Waals surface area contributed by atoms with Crippen molar-refractivity contribution in [1.82, 2.24) is 19.1 Å². The van der Waals surface area contributed by atoms with E-state index in [2.05, 4.69) is 21.5 Å². The van der Waals surface area contributed by atoms with E-state index in [9.17, 15) is 4.79 Å². The highest BCUT2D eigenvalue weighted by Crippen LogP contribution is 2.28. The van der Waals surface area contributed by atoms with E-state index in [1.165, 1.54) is 11.3 Å². The van der Waals surface area contributed by atoms with E-state index in [1.54, 1.807) is 6.92 Å². The van der Waals surface area contributed by atoms with E-state index in [0.717, 1.165) is 28.4 Å². The molecule has 6 nitrogen and oxygen atoms in total. The first-order valence-corrected chi connectivity index (χ1v) is 8.74. The number of hydrogen-bond acceptors (Lipinski definition) is 5. The number of carbonyl (C=O) groups excluding carboxylic acids is 1. The first-order chi connectivity index (χ1) is 11.2. The molecule has 3 heterocycles. The standard InChI is InChI=1S/C15H17ClN4O2S/c1-3-19-9-17-7-10(19)8-20-11-5-12(15(21)22-4-2)23-14(11)18-13(20)6-16/h5,7,9H,3-4,6,8H2,1-2H3. The SMILES string of the molecule is CCOC(=O)c1cc2c(nc(CCl)n2Cc2cncn2CC)s1. The molecule has 0 atom stereocenters. The number of rotatable bonds is 6. The molecule has 8 heteroatoms. The molecule has 0 amide bonds. The van der Waals surface area contributed by atoms with Crippen LogP contribution in [0.3, 0.4) is 0 Å². The summed E-state index contributed by atoms with van der Waals surface area (Å²) < 4.78 is 9.16. The van der Waals surface area contributed by atoms with Gasteiger partial charge in [0.15, 0.2) is 0 Å². The zero-order valence-electron chi connectivity index (χ0n) is 13.0. The van der Waals surface area contributed by atoms with Crippen LogP contribution in [0.25, 0.3) is 10.3 Å². The number of halogens is 1. The Kier molecular flexibility index (Phi) is 4.68. The molecular formula is C15H17ClN4O2S. The van der Waals surface area contributed by atoms with Gasteiger partial charge in [-0.3, -0.25) is 0 Å². The number of nitrogens with zero attached hydrogens (tertiary/aromatic N) is 4. The molecule has 0 aliphatic heterocycles. The number of hydrogen-bond donors (Lipinski definition) is 0. The third-order valence-corrected chi connectivity index (χ3v) is 4.82. The van der Waals surface area contributed by atoms with Crippen LogP contribution in [0.15, 0.2) is 18.6 Å². The lowest BCUT2D eigenvalue weighted by molar-refractivity contribution is 0.0532. The van der Waals surface area contributed by atoms with Crippen molar-refractivity contribution in [3.05, 3.63) is 35.0 Å². The smallest absolute Gasteiger partial charge is 0.348 e. The molecule has 23 heavy (non-hydrogen) atoms. The largest absolute Gasteiger partial charge is 0.462 e. The fourth-order valence-corrected chi connectivity index (χ4v) is 3.62. The van der Waals surface area contributed by atoms with Crippen LogP contribution in [0.4, 0.5) is 0 Å². The summed E-state index contributed by atoms with van der Waals surface area (Å²) in [5.41, 5.74) is 1.97. The zero-order chi connectivity index (χ0) is 16.4. The van der Waals surface area contributed by atoms with Gasteiger partial charge in [0.1, 0.15) is 15.5 Å². The molecule has 0 bridgehead atoms. The van der Waals surface area contributed by atoms with Crippen molar-refractivity contribution in [3.63, 3.8) is 0 Å². The van der Waals surface area contributed by atoms with Crippen LogP contribution in [0.5, 0.6) is 0 Å². The molecule has 0 saturated heterocycles. The number of aromatic nitrogens is 4. The molecule has 0 aliphatic carbocycles. The summed E-state index contributed by atoms with van der Waals surface area (Å²) in [7, 11) is 0. The van der Waals surface area contributed by atoms with Gasteiger partial charge in [-0.1, -0.05) is 0 Å². The summed E-state index contributed by atoms with van der Waals surface area (Å²) >= 11 is 7.36. The van der Waals surface area contributed by atoms with Crippen LogP contribution in [-0.4, -0.2) is 31.7 Å². The number of alkyl halides is 1. The van der Waals surface area contributed by atoms with Crippen molar-refractivity contribution >= 4 is 39.3 Å². The van der Waals surface area contributed by atoms with E-state index >= 15 is 0 Å². The Morgan fingerprint density at radius 1 is 1.43 bits per heavy atom. The van der Waals surface area contributed by atoms with Gasteiger partial charge < -0.3 is 13.9 Å². The second-order valence-corrected chi connectivity index (χ2v) is 6.24. The summed E-state index contributed by atoms with van der Waals surface area (Å²) in [6.45, 7) is 5.69. The Labute approximate surface area is 142 Å². The van der Waals surface area contributed by atoms with Crippen LogP contribution in [0.1, 0.15) is 35.0 Å². The van der Waals surface area contributed by atoms with Crippen LogP contribution in [0.2, 0.25) is 0 Å². The summed E-state index contributed by atoms with van der Waals surface area (Å²) in [5.74, 6) is 0.788. The van der Waals surface area contributed by atoms with Gasteiger partial charge in [0.2, 0.25) is 0 Å². The summed E-state index contributed by atoms with van der Waals surface area (Å²) in [4.78, 5) is 22.0. The monoisotopic (exact) mass is 352 g/mol. The van der Waals surface area contributed by atoms with Crippen molar-refractivity contribution in [1.29, 1.82) is 0 Å². The van der Waals surface area contributed by atoms with Crippen LogP contribution in [-0.2, 0) is 23.7 Å². The third kappa shape index (κ3) is 2.98. The molecule has 3 rings (SSSR count). The first-order valence-electron chi connectivity index (χ1n) is 7.38. The van der Waals surface area contributed by atoms with Crippen molar-refractivity contribution in [2.45, 2.75) is 32.8 Å². The second-order valence-electron chi connectivity index (χ2n) is 4.94. The molecule has 0 saturated carbocycles. The van der Waals surface area contributed by atoms with E-state index in [1.807, 2.05) is 23.2 Å².